The van der Waals surface area contributed by atoms with Gasteiger partial charge in [-0.05, 0) is 26.0 Å². The summed E-state index contributed by atoms with van der Waals surface area (Å²) in [5, 5.41) is 4.17. The Labute approximate surface area is 140 Å². The standard InChI is InChI=1S/C17H21N3O2S/c1-12(2)20(10-13-8-18-19(3)9-13)17(21)15-11-23-16-7-5-4-6-14(16)22-15/h4-9,12,15H,10-11H2,1-3H3/t15-/m1/s1. The van der Waals surface area contributed by atoms with Gasteiger partial charge in [-0.3, -0.25) is 9.48 Å². The summed E-state index contributed by atoms with van der Waals surface area (Å²) in [4.78, 5) is 15.9. The highest BCUT2D eigenvalue weighted by Crippen LogP contribution is 2.35. The summed E-state index contributed by atoms with van der Waals surface area (Å²) in [6.07, 6.45) is 3.30. The molecule has 23 heavy (non-hydrogen) atoms. The van der Waals surface area contributed by atoms with Gasteiger partial charge in [0.05, 0.1) is 6.20 Å². The van der Waals surface area contributed by atoms with E-state index in [4.69, 9.17) is 4.74 Å². The fourth-order valence-electron chi connectivity index (χ4n) is 2.59. The summed E-state index contributed by atoms with van der Waals surface area (Å²) < 4.78 is 7.69. The molecule has 0 spiro atoms. The number of aromatic nitrogens is 2. The number of carbonyl (C=O) groups is 1. The molecule has 3 rings (SSSR count). The SMILES string of the molecule is CC(C)N(Cc1cnn(C)c1)C(=O)[C@H]1CSc2ccccc2O1. The average molecular weight is 331 g/mol. The van der Waals surface area contributed by atoms with Crippen molar-refractivity contribution in [1.29, 1.82) is 0 Å². The van der Waals surface area contributed by atoms with Crippen molar-refractivity contribution < 1.29 is 9.53 Å². The fraction of sp³-hybridized carbons (Fsp3) is 0.412. The number of thioether (sulfide) groups is 1. The third-order valence-corrected chi connectivity index (χ3v) is 4.92. The minimum Gasteiger partial charge on any atom is -0.479 e. The number of ether oxygens (including phenoxy) is 1. The van der Waals surface area contributed by atoms with Crippen molar-refractivity contribution in [2.45, 2.75) is 37.4 Å². The van der Waals surface area contributed by atoms with Gasteiger partial charge in [0.2, 0.25) is 0 Å². The third-order valence-electron chi connectivity index (χ3n) is 3.80. The zero-order valence-electron chi connectivity index (χ0n) is 13.6. The van der Waals surface area contributed by atoms with Gasteiger partial charge in [-0.1, -0.05) is 12.1 Å². The van der Waals surface area contributed by atoms with E-state index >= 15 is 0 Å². The Morgan fingerprint density at radius 3 is 2.96 bits per heavy atom. The number of fused-ring (bicyclic) bond motifs is 1. The van der Waals surface area contributed by atoms with Crippen LogP contribution in [0.5, 0.6) is 5.75 Å². The van der Waals surface area contributed by atoms with Crippen LogP contribution in [0.1, 0.15) is 19.4 Å². The van der Waals surface area contributed by atoms with Gasteiger partial charge in [-0.2, -0.15) is 5.10 Å². The molecular weight excluding hydrogens is 310 g/mol. The van der Waals surface area contributed by atoms with E-state index in [0.717, 1.165) is 16.2 Å². The molecule has 0 aliphatic carbocycles. The molecule has 0 N–H and O–H groups in total. The molecule has 0 radical (unpaired) electrons. The van der Waals surface area contributed by atoms with Crippen molar-refractivity contribution >= 4 is 17.7 Å². The number of carbonyl (C=O) groups excluding carboxylic acids is 1. The second-order valence-electron chi connectivity index (χ2n) is 5.95. The van der Waals surface area contributed by atoms with Crippen LogP contribution in [0.15, 0.2) is 41.6 Å². The Balaban J connectivity index is 1.74. The molecule has 1 amide bonds. The molecule has 2 heterocycles. The van der Waals surface area contributed by atoms with Crippen molar-refractivity contribution in [2.75, 3.05) is 5.75 Å². The van der Waals surface area contributed by atoms with Crippen LogP contribution in [-0.2, 0) is 18.4 Å². The van der Waals surface area contributed by atoms with Crippen LogP contribution in [0.4, 0.5) is 0 Å². The van der Waals surface area contributed by atoms with Gasteiger partial charge < -0.3 is 9.64 Å². The van der Waals surface area contributed by atoms with E-state index in [-0.39, 0.29) is 11.9 Å². The van der Waals surface area contributed by atoms with Crippen LogP contribution in [0.3, 0.4) is 0 Å². The molecule has 1 aromatic carbocycles. The minimum atomic E-state index is -0.436. The summed E-state index contributed by atoms with van der Waals surface area (Å²) in [5.74, 6) is 1.48. The minimum absolute atomic E-state index is 0.0332. The summed E-state index contributed by atoms with van der Waals surface area (Å²) in [6.45, 7) is 4.60. The van der Waals surface area contributed by atoms with Crippen molar-refractivity contribution in [3.8, 4) is 5.75 Å². The molecule has 6 heteroatoms. The predicted octanol–water partition coefficient (Wildman–Crippen LogP) is 2.71. The summed E-state index contributed by atoms with van der Waals surface area (Å²) in [7, 11) is 1.88. The summed E-state index contributed by atoms with van der Waals surface area (Å²) in [5.41, 5.74) is 1.03. The molecule has 1 aromatic heterocycles. The van der Waals surface area contributed by atoms with Crippen molar-refractivity contribution in [1.82, 2.24) is 14.7 Å². The molecule has 1 atom stereocenters. The molecule has 0 fully saturated rings. The number of hydrogen-bond acceptors (Lipinski definition) is 4. The maximum Gasteiger partial charge on any atom is 0.265 e. The quantitative estimate of drug-likeness (QED) is 0.864. The van der Waals surface area contributed by atoms with Gasteiger partial charge in [-0.15, -0.1) is 11.8 Å². The van der Waals surface area contributed by atoms with E-state index in [1.807, 2.05) is 56.3 Å². The first-order valence-electron chi connectivity index (χ1n) is 7.71. The molecule has 0 unspecified atom stereocenters. The van der Waals surface area contributed by atoms with E-state index in [9.17, 15) is 4.79 Å². The third kappa shape index (κ3) is 3.52. The van der Waals surface area contributed by atoms with Crippen LogP contribution in [-0.4, -0.2) is 38.5 Å². The van der Waals surface area contributed by atoms with Crippen LogP contribution in [0.25, 0.3) is 0 Å². The number of benzene rings is 1. The highest BCUT2D eigenvalue weighted by Gasteiger charge is 2.31. The Morgan fingerprint density at radius 2 is 2.26 bits per heavy atom. The summed E-state index contributed by atoms with van der Waals surface area (Å²) in [6, 6.07) is 7.97. The van der Waals surface area contributed by atoms with Gasteiger partial charge in [0, 0.05) is 42.0 Å². The zero-order chi connectivity index (χ0) is 16.4. The largest absolute Gasteiger partial charge is 0.479 e. The van der Waals surface area contributed by atoms with Crippen molar-refractivity contribution in [3.05, 3.63) is 42.2 Å². The van der Waals surface area contributed by atoms with Gasteiger partial charge in [0.25, 0.3) is 5.91 Å². The van der Waals surface area contributed by atoms with Crippen molar-refractivity contribution in [3.63, 3.8) is 0 Å². The number of aryl methyl sites for hydroxylation is 1. The lowest BCUT2D eigenvalue weighted by Gasteiger charge is -2.32. The monoisotopic (exact) mass is 331 g/mol. The molecule has 0 saturated carbocycles. The fourth-order valence-corrected chi connectivity index (χ4v) is 3.57. The smallest absolute Gasteiger partial charge is 0.265 e. The number of amides is 1. The van der Waals surface area contributed by atoms with E-state index in [1.54, 1.807) is 22.6 Å². The molecule has 2 aromatic rings. The number of hydrogen-bond donors (Lipinski definition) is 0. The molecular formula is C17H21N3O2S. The number of nitrogens with zero attached hydrogens (tertiary/aromatic N) is 3. The predicted molar refractivity (Wildman–Crippen MR) is 90.5 cm³/mol. The molecule has 0 bridgehead atoms. The summed E-state index contributed by atoms with van der Waals surface area (Å²) >= 11 is 1.68. The maximum atomic E-state index is 12.9. The number of para-hydroxylation sites is 1. The second kappa shape index (κ2) is 6.66. The topological polar surface area (TPSA) is 47.4 Å². The van der Waals surface area contributed by atoms with E-state index in [2.05, 4.69) is 5.10 Å². The lowest BCUT2D eigenvalue weighted by molar-refractivity contribution is -0.140. The van der Waals surface area contributed by atoms with Crippen LogP contribution in [0.2, 0.25) is 0 Å². The molecule has 122 valence electrons. The van der Waals surface area contributed by atoms with E-state index in [1.165, 1.54) is 0 Å². The molecule has 1 aliphatic heterocycles. The first-order valence-corrected chi connectivity index (χ1v) is 8.69. The Morgan fingerprint density at radius 1 is 1.48 bits per heavy atom. The lowest BCUT2D eigenvalue weighted by Crippen LogP contribution is -2.46. The Hall–Kier alpha value is -1.95. The van der Waals surface area contributed by atoms with Crippen LogP contribution < -0.4 is 4.74 Å². The second-order valence-corrected chi connectivity index (χ2v) is 7.01. The Kier molecular flexibility index (Phi) is 4.61. The maximum absolute atomic E-state index is 12.9. The normalized spacial score (nSPS) is 16.8. The van der Waals surface area contributed by atoms with Crippen LogP contribution in [0, 0.1) is 0 Å². The van der Waals surface area contributed by atoms with Gasteiger partial charge in [0.1, 0.15) is 5.75 Å². The average Bonchev–Trinajstić information content (AvgIpc) is 2.96. The van der Waals surface area contributed by atoms with Gasteiger partial charge in [0.15, 0.2) is 6.10 Å². The zero-order valence-corrected chi connectivity index (χ0v) is 14.4. The van der Waals surface area contributed by atoms with Crippen LogP contribution >= 0.6 is 11.8 Å². The lowest BCUT2D eigenvalue weighted by atomic mass is 10.2. The molecule has 1 aliphatic rings. The number of rotatable bonds is 4. The highest BCUT2D eigenvalue weighted by molar-refractivity contribution is 7.99. The van der Waals surface area contributed by atoms with Crippen molar-refractivity contribution in [2.24, 2.45) is 7.05 Å². The molecule has 0 saturated heterocycles. The Bertz CT molecular complexity index is 699. The first kappa shape index (κ1) is 15.9. The first-order chi connectivity index (χ1) is 11.0. The highest BCUT2D eigenvalue weighted by atomic mass is 32.2. The van der Waals surface area contributed by atoms with Gasteiger partial charge >= 0.3 is 0 Å². The van der Waals surface area contributed by atoms with E-state index < -0.39 is 6.10 Å². The van der Waals surface area contributed by atoms with E-state index in [0.29, 0.717) is 12.3 Å². The molecule has 5 nitrogen and oxygen atoms in total. The van der Waals surface area contributed by atoms with Gasteiger partial charge in [-0.25, -0.2) is 0 Å².